The highest BCUT2D eigenvalue weighted by Crippen LogP contribution is 2.54. The zero-order chi connectivity index (χ0) is 24.5. The van der Waals surface area contributed by atoms with Gasteiger partial charge in [-0.25, -0.2) is 0 Å². The van der Waals surface area contributed by atoms with Crippen LogP contribution >= 0.6 is 0 Å². The Morgan fingerprint density at radius 3 is 2.38 bits per heavy atom. The van der Waals surface area contributed by atoms with Gasteiger partial charge in [0.15, 0.2) is 0 Å². The Balaban J connectivity index is 1.46. The molecule has 5 unspecified atom stereocenters. The molecule has 0 aliphatic heterocycles. The SMILES string of the molecule is CCN(C(=O)C(N)CCCCNC(=O)[C@@H](N)CCCCN)C1C2CCC(C2)C1c1ccccc1. The van der Waals surface area contributed by atoms with Crippen LogP contribution in [-0.2, 0) is 9.59 Å². The number of carbonyl (C=O) groups is 2. The number of likely N-dealkylation sites (N-methyl/N-ethyl adjacent to an activating group) is 1. The Hall–Kier alpha value is -1.96. The molecule has 2 aliphatic carbocycles. The van der Waals surface area contributed by atoms with Gasteiger partial charge in [0.1, 0.15) is 0 Å². The van der Waals surface area contributed by atoms with Crippen molar-refractivity contribution in [2.24, 2.45) is 29.0 Å². The van der Waals surface area contributed by atoms with E-state index in [2.05, 4.69) is 47.5 Å². The summed E-state index contributed by atoms with van der Waals surface area (Å²) in [5.41, 5.74) is 19.2. The number of nitrogens with zero attached hydrogens (tertiary/aromatic N) is 1. The molecule has 2 saturated carbocycles. The van der Waals surface area contributed by atoms with Crippen LogP contribution in [0.2, 0.25) is 0 Å². The lowest BCUT2D eigenvalue weighted by Crippen LogP contribution is -2.52. The summed E-state index contributed by atoms with van der Waals surface area (Å²) in [7, 11) is 0. The Kier molecular flexibility index (Phi) is 10.4. The summed E-state index contributed by atoms with van der Waals surface area (Å²) in [5, 5.41) is 2.90. The van der Waals surface area contributed by atoms with Gasteiger partial charge in [-0.2, -0.15) is 0 Å². The minimum atomic E-state index is -0.496. The number of benzene rings is 1. The smallest absolute Gasteiger partial charge is 0.239 e. The maximum atomic E-state index is 13.4. The fraction of sp³-hybridized carbons (Fsp3) is 0.704. The molecule has 7 nitrogen and oxygen atoms in total. The first-order valence-electron chi connectivity index (χ1n) is 13.3. The molecule has 0 spiro atoms. The summed E-state index contributed by atoms with van der Waals surface area (Å²) in [4.78, 5) is 27.6. The topological polar surface area (TPSA) is 127 Å². The Morgan fingerprint density at radius 2 is 1.68 bits per heavy atom. The average Bonchev–Trinajstić information content (AvgIpc) is 3.47. The van der Waals surface area contributed by atoms with Crippen LogP contribution in [-0.4, -0.2) is 54.5 Å². The van der Waals surface area contributed by atoms with Gasteiger partial charge in [0.2, 0.25) is 11.8 Å². The monoisotopic (exact) mass is 471 g/mol. The van der Waals surface area contributed by atoms with E-state index < -0.39 is 12.1 Å². The van der Waals surface area contributed by atoms with Crippen LogP contribution in [0.3, 0.4) is 0 Å². The van der Waals surface area contributed by atoms with E-state index in [-0.39, 0.29) is 17.9 Å². The van der Waals surface area contributed by atoms with Crippen molar-refractivity contribution in [2.75, 3.05) is 19.6 Å². The van der Waals surface area contributed by atoms with E-state index >= 15 is 0 Å². The highest BCUT2D eigenvalue weighted by atomic mass is 16.2. The van der Waals surface area contributed by atoms with Crippen molar-refractivity contribution in [2.45, 2.75) is 88.8 Å². The summed E-state index contributed by atoms with van der Waals surface area (Å²) >= 11 is 0. The largest absolute Gasteiger partial charge is 0.355 e. The van der Waals surface area contributed by atoms with Gasteiger partial charge < -0.3 is 27.4 Å². The van der Waals surface area contributed by atoms with E-state index in [9.17, 15) is 9.59 Å². The second-order valence-electron chi connectivity index (χ2n) is 10.2. The molecule has 2 amide bonds. The van der Waals surface area contributed by atoms with E-state index in [0.717, 1.165) is 25.7 Å². The highest BCUT2D eigenvalue weighted by molar-refractivity contribution is 5.82. The number of fused-ring (bicyclic) bond motifs is 2. The normalized spacial score (nSPS) is 25.2. The molecule has 190 valence electrons. The predicted octanol–water partition coefficient (Wildman–Crippen LogP) is 2.49. The van der Waals surface area contributed by atoms with Crippen molar-refractivity contribution in [3.8, 4) is 0 Å². The quantitative estimate of drug-likeness (QED) is 0.310. The standard InChI is InChI=1S/C27H45N5O2/c1-2-32(25-21-15-14-20(18-21)24(25)19-10-4-3-5-11-19)27(34)23(30)13-7-9-17-31-26(33)22(29)12-6-8-16-28/h3-5,10-11,20-25H,2,6-9,12-18,28-30H2,1H3,(H,31,33)/t20?,21?,22-,23?,24?,25?/m0/s1. The van der Waals surface area contributed by atoms with Gasteiger partial charge in [-0.05, 0) is 82.2 Å². The summed E-state index contributed by atoms with van der Waals surface area (Å²) in [6, 6.07) is 9.98. The molecule has 7 heteroatoms. The van der Waals surface area contributed by atoms with Crippen LogP contribution in [0.4, 0.5) is 0 Å². The molecule has 1 aromatic rings. The first kappa shape index (κ1) is 26.6. The number of rotatable bonds is 14. The van der Waals surface area contributed by atoms with Crippen LogP contribution in [0.15, 0.2) is 30.3 Å². The lowest BCUT2D eigenvalue weighted by atomic mass is 9.78. The van der Waals surface area contributed by atoms with Crippen molar-refractivity contribution >= 4 is 11.8 Å². The third kappa shape index (κ3) is 6.58. The third-order valence-corrected chi connectivity index (χ3v) is 7.91. The molecule has 0 heterocycles. The van der Waals surface area contributed by atoms with Crippen LogP contribution in [0.25, 0.3) is 0 Å². The zero-order valence-electron chi connectivity index (χ0n) is 20.8. The molecule has 1 aromatic carbocycles. The summed E-state index contributed by atoms with van der Waals surface area (Å²) in [5.74, 6) is 1.63. The molecule has 2 aliphatic rings. The molecule has 6 atom stereocenters. The van der Waals surface area contributed by atoms with Crippen LogP contribution in [0.5, 0.6) is 0 Å². The highest BCUT2D eigenvalue weighted by Gasteiger charge is 2.51. The Morgan fingerprint density at radius 1 is 1.00 bits per heavy atom. The molecular formula is C27H45N5O2. The molecule has 0 saturated heterocycles. The van der Waals surface area contributed by atoms with Gasteiger partial charge in [0.05, 0.1) is 12.1 Å². The van der Waals surface area contributed by atoms with Gasteiger partial charge in [-0.3, -0.25) is 9.59 Å². The number of hydrogen-bond acceptors (Lipinski definition) is 5. The van der Waals surface area contributed by atoms with Crippen LogP contribution < -0.4 is 22.5 Å². The number of carbonyl (C=O) groups excluding carboxylic acids is 2. The third-order valence-electron chi connectivity index (χ3n) is 7.91. The number of nitrogens with two attached hydrogens (primary N) is 3. The lowest BCUT2D eigenvalue weighted by molar-refractivity contribution is -0.136. The van der Waals surface area contributed by atoms with Crippen molar-refractivity contribution in [3.63, 3.8) is 0 Å². The number of amides is 2. The fourth-order valence-electron chi connectivity index (χ4n) is 6.18. The van der Waals surface area contributed by atoms with Crippen molar-refractivity contribution in [3.05, 3.63) is 35.9 Å². The van der Waals surface area contributed by atoms with Gasteiger partial charge >= 0.3 is 0 Å². The maximum Gasteiger partial charge on any atom is 0.239 e. The van der Waals surface area contributed by atoms with Gasteiger partial charge in [-0.15, -0.1) is 0 Å². The van der Waals surface area contributed by atoms with Crippen molar-refractivity contribution in [1.29, 1.82) is 0 Å². The molecular weight excluding hydrogens is 426 g/mol. The average molecular weight is 472 g/mol. The molecule has 0 radical (unpaired) electrons. The lowest BCUT2D eigenvalue weighted by Gasteiger charge is -2.40. The van der Waals surface area contributed by atoms with E-state index in [4.69, 9.17) is 17.2 Å². The molecule has 0 aromatic heterocycles. The maximum absolute atomic E-state index is 13.4. The first-order chi connectivity index (χ1) is 16.5. The Bertz CT molecular complexity index is 774. The van der Waals surface area contributed by atoms with Crippen molar-refractivity contribution in [1.82, 2.24) is 10.2 Å². The van der Waals surface area contributed by atoms with E-state index in [1.807, 2.05) is 0 Å². The van der Waals surface area contributed by atoms with E-state index in [1.54, 1.807) is 0 Å². The van der Waals surface area contributed by atoms with Gasteiger partial charge in [0.25, 0.3) is 0 Å². The number of hydrogen-bond donors (Lipinski definition) is 4. The van der Waals surface area contributed by atoms with E-state index in [1.165, 1.54) is 24.8 Å². The van der Waals surface area contributed by atoms with Crippen LogP contribution in [0, 0.1) is 11.8 Å². The van der Waals surface area contributed by atoms with Gasteiger partial charge in [-0.1, -0.05) is 36.8 Å². The fourth-order valence-corrected chi connectivity index (χ4v) is 6.18. The number of nitrogens with one attached hydrogen (secondary N) is 1. The molecule has 34 heavy (non-hydrogen) atoms. The molecule has 7 N–H and O–H groups in total. The Labute approximate surface area is 205 Å². The zero-order valence-corrected chi connectivity index (χ0v) is 20.8. The second kappa shape index (κ2) is 13.2. The molecule has 2 fully saturated rings. The second-order valence-corrected chi connectivity index (χ2v) is 10.2. The predicted molar refractivity (Wildman–Crippen MR) is 137 cm³/mol. The first-order valence-corrected chi connectivity index (χ1v) is 13.3. The number of unbranched alkanes of at least 4 members (excludes halogenated alkanes) is 2. The molecule has 3 rings (SSSR count). The van der Waals surface area contributed by atoms with Gasteiger partial charge in [0, 0.05) is 25.0 Å². The summed E-state index contributed by atoms with van der Waals surface area (Å²) in [6.45, 7) is 3.95. The van der Waals surface area contributed by atoms with Crippen LogP contribution in [0.1, 0.15) is 76.2 Å². The minimum absolute atomic E-state index is 0.0759. The van der Waals surface area contributed by atoms with E-state index in [0.29, 0.717) is 50.2 Å². The summed E-state index contributed by atoms with van der Waals surface area (Å²) < 4.78 is 0. The van der Waals surface area contributed by atoms with Crippen molar-refractivity contribution < 1.29 is 9.59 Å². The summed E-state index contributed by atoms with van der Waals surface area (Å²) in [6.07, 6.45) is 8.32. The minimum Gasteiger partial charge on any atom is -0.355 e. The molecule has 2 bridgehead atoms.